The number of nitrogens with zero attached hydrogens (tertiary/aromatic N) is 2. The van der Waals surface area contributed by atoms with E-state index in [9.17, 15) is 12.8 Å². The molecule has 0 aliphatic carbocycles. The Morgan fingerprint density at radius 2 is 2.14 bits per heavy atom. The second kappa shape index (κ2) is 7.06. The Bertz CT molecular complexity index is 701. The van der Waals surface area contributed by atoms with E-state index >= 15 is 0 Å². The SMILES string of the molecule is CSCCCNS(=O)(=O)c1cnn(-c2ccccc2F)c1. The highest BCUT2D eigenvalue weighted by Gasteiger charge is 2.17. The maximum absolute atomic E-state index is 13.6. The zero-order valence-corrected chi connectivity index (χ0v) is 13.1. The van der Waals surface area contributed by atoms with Gasteiger partial charge in [-0.05, 0) is 30.6 Å². The van der Waals surface area contributed by atoms with E-state index in [2.05, 4.69) is 9.82 Å². The maximum atomic E-state index is 13.6. The van der Waals surface area contributed by atoms with Crippen LogP contribution < -0.4 is 4.72 Å². The third kappa shape index (κ3) is 4.05. The normalized spacial score (nSPS) is 11.7. The van der Waals surface area contributed by atoms with Gasteiger partial charge in [0.2, 0.25) is 10.0 Å². The third-order valence-electron chi connectivity index (χ3n) is 2.79. The number of para-hydroxylation sites is 1. The second-order valence-corrected chi connectivity index (χ2v) is 7.07. The van der Waals surface area contributed by atoms with Gasteiger partial charge in [-0.1, -0.05) is 12.1 Å². The van der Waals surface area contributed by atoms with E-state index in [1.807, 2.05) is 6.26 Å². The molecule has 0 unspecified atom stereocenters. The molecule has 114 valence electrons. The number of sulfonamides is 1. The van der Waals surface area contributed by atoms with Crippen LogP contribution >= 0.6 is 11.8 Å². The van der Waals surface area contributed by atoms with Crippen molar-refractivity contribution in [3.8, 4) is 5.69 Å². The van der Waals surface area contributed by atoms with Gasteiger partial charge in [0.25, 0.3) is 0 Å². The lowest BCUT2D eigenvalue weighted by atomic mass is 10.3. The van der Waals surface area contributed by atoms with Crippen LogP contribution in [0.2, 0.25) is 0 Å². The monoisotopic (exact) mass is 329 g/mol. The lowest BCUT2D eigenvalue weighted by Crippen LogP contribution is -2.24. The Morgan fingerprint density at radius 3 is 2.86 bits per heavy atom. The fraction of sp³-hybridized carbons (Fsp3) is 0.308. The third-order valence-corrected chi connectivity index (χ3v) is 4.90. The molecule has 8 heteroatoms. The van der Waals surface area contributed by atoms with Gasteiger partial charge >= 0.3 is 0 Å². The van der Waals surface area contributed by atoms with Crippen LogP contribution in [0, 0.1) is 5.82 Å². The van der Waals surface area contributed by atoms with Gasteiger partial charge in [-0.2, -0.15) is 16.9 Å². The lowest BCUT2D eigenvalue weighted by molar-refractivity contribution is 0.580. The molecule has 0 saturated carbocycles. The zero-order chi connectivity index (χ0) is 15.3. The van der Waals surface area contributed by atoms with Crippen molar-refractivity contribution >= 4 is 21.8 Å². The van der Waals surface area contributed by atoms with Gasteiger partial charge in [0, 0.05) is 6.54 Å². The van der Waals surface area contributed by atoms with Gasteiger partial charge in [0.05, 0.1) is 12.4 Å². The quantitative estimate of drug-likeness (QED) is 0.790. The molecule has 0 saturated heterocycles. The summed E-state index contributed by atoms with van der Waals surface area (Å²) in [7, 11) is -3.61. The minimum Gasteiger partial charge on any atom is -0.237 e. The summed E-state index contributed by atoms with van der Waals surface area (Å²) in [6, 6.07) is 6.05. The molecule has 1 heterocycles. The summed E-state index contributed by atoms with van der Waals surface area (Å²) in [6.07, 6.45) is 5.23. The number of nitrogens with one attached hydrogen (secondary N) is 1. The van der Waals surface area contributed by atoms with Gasteiger partial charge in [0.15, 0.2) is 0 Å². The number of rotatable bonds is 7. The summed E-state index contributed by atoms with van der Waals surface area (Å²) in [5, 5.41) is 3.91. The van der Waals surface area contributed by atoms with Gasteiger partial charge in [-0.25, -0.2) is 22.2 Å². The molecule has 1 aromatic carbocycles. The molecule has 0 fully saturated rings. The summed E-state index contributed by atoms with van der Waals surface area (Å²) < 4.78 is 41.5. The van der Waals surface area contributed by atoms with E-state index in [-0.39, 0.29) is 10.6 Å². The summed E-state index contributed by atoms with van der Waals surface area (Å²) in [4.78, 5) is 0.0231. The Labute approximate surface area is 127 Å². The molecule has 2 rings (SSSR count). The van der Waals surface area contributed by atoms with Gasteiger partial charge in [0.1, 0.15) is 16.4 Å². The predicted molar refractivity (Wildman–Crippen MR) is 81.7 cm³/mol. The Balaban J connectivity index is 2.14. The van der Waals surface area contributed by atoms with E-state index in [1.165, 1.54) is 29.2 Å². The van der Waals surface area contributed by atoms with Crippen molar-refractivity contribution in [3.63, 3.8) is 0 Å². The van der Waals surface area contributed by atoms with E-state index in [0.29, 0.717) is 6.54 Å². The smallest absolute Gasteiger partial charge is 0.237 e. The topological polar surface area (TPSA) is 64.0 Å². The fourth-order valence-electron chi connectivity index (χ4n) is 1.72. The van der Waals surface area contributed by atoms with Crippen molar-refractivity contribution in [2.45, 2.75) is 11.3 Å². The number of hydrogen-bond donors (Lipinski definition) is 1. The average molecular weight is 329 g/mol. The zero-order valence-electron chi connectivity index (χ0n) is 11.5. The molecule has 1 N–H and O–H groups in total. The van der Waals surface area contributed by atoms with Crippen LogP contribution in [0.15, 0.2) is 41.6 Å². The number of benzene rings is 1. The van der Waals surface area contributed by atoms with E-state index < -0.39 is 15.8 Å². The van der Waals surface area contributed by atoms with Crippen LogP contribution in [0.4, 0.5) is 4.39 Å². The molecule has 0 amide bonds. The van der Waals surface area contributed by atoms with Crippen LogP contribution in [0.5, 0.6) is 0 Å². The Morgan fingerprint density at radius 1 is 1.38 bits per heavy atom. The van der Waals surface area contributed by atoms with Crippen LogP contribution in [-0.4, -0.2) is 36.8 Å². The molecule has 0 aliphatic rings. The van der Waals surface area contributed by atoms with Gasteiger partial charge in [-0.3, -0.25) is 0 Å². The largest absolute Gasteiger partial charge is 0.243 e. The van der Waals surface area contributed by atoms with Crippen molar-refractivity contribution in [1.82, 2.24) is 14.5 Å². The first-order chi connectivity index (χ1) is 10.0. The predicted octanol–water partition coefficient (Wildman–Crippen LogP) is 2.04. The minimum absolute atomic E-state index is 0.0231. The minimum atomic E-state index is -3.61. The maximum Gasteiger partial charge on any atom is 0.243 e. The Hall–Kier alpha value is -1.38. The molecular weight excluding hydrogens is 313 g/mol. The second-order valence-electron chi connectivity index (χ2n) is 4.32. The molecule has 1 aromatic heterocycles. The van der Waals surface area contributed by atoms with Crippen LogP contribution in [0.3, 0.4) is 0 Å². The van der Waals surface area contributed by atoms with E-state index in [4.69, 9.17) is 0 Å². The molecule has 0 radical (unpaired) electrons. The molecule has 0 bridgehead atoms. The number of thioether (sulfide) groups is 1. The molecule has 5 nitrogen and oxygen atoms in total. The Kier molecular flexibility index (Phi) is 5.38. The van der Waals surface area contributed by atoms with Crippen molar-refractivity contribution in [2.75, 3.05) is 18.6 Å². The highest BCUT2D eigenvalue weighted by molar-refractivity contribution is 7.98. The van der Waals surface area contributed by atoms with Crippen molar-refractivity contribution in [1.29, 1.82) is 0 Å². The van der Waals surface area contributed by atoms with Gasteiger partial charge < -0.3 is 0 Å². The highest BCUT2D eigenvalue weighted by atomic mass is 32.2. The van der Waals surface area contributed by atoms with E-state index in [0.717, 1.165) is 12.2 Å². The molecule has 21 heavy (non-hydrogen) atoms. The first-order valence-electron chi connectivity index (χ1n) is 6.33. The summed E-state index contributed by atoms with van der Waals surface area (Å²) in [6.45, 7) is 0.369. The number of aromatic nitrogens is 2. The number of halogens is 1. The summed E-state index contributed by atoms with van der Waals surface area (Å²) >= 11 is 1.66. The first kappa shape index (κ1) is 16.0. The standard InChI is InChI=1S/C13H16FN3O2S2/c1-20-8-4-7-16-21(18,19)11-9-15-17(10-11)13-6-3-2-5-12(13)14/h2-3,5-6,9-10,16H,4,7-8H2,1H3. The van der Waals surface area contributed by atoms with E-state index in [1.54, 1.807) is 23.9 Å². The van der Waals surface area contributed by atoms with Crippen LogP contribution in [0.25, 0.3) is 5.69 Å². The van der Waals surface area contributed by atoms with Crippen molar-refractivity contribution in [3.05, 3.63) is 42.5 Å². The molecule has 0 aliphatic heterocycles. The molecule has 2 aromatic rings. The van der Waals surface area contributed by atoms with Crippen molar-refractivity contribution in [2.24, 2.45) is 0 Å². The summed E-state index contributed by atoms with van der Waals surface area (Å²) in [5.41, 5.74) is 0.210. The van der Waals surface area contributed by atoms with Crippen molar-refractivity contribution < 1.29 is 12.8 Å². The van der Waals surface area contributed by atoms with Crippen LogP contribution in [0.1, 0.15) is 6.42 Å². The molecule has 0 atom stereocenters. The van der Waals surface area contributed by atoms with Gasteiger partial charge in [-0.15, -0.1) is 0 Å². The first-order valence-corrected chi connectivity index (χ1v) is 9.20. The average Bonchev–Trinajstić information content (AvgIpc) is 2.95. The fourth-order valence-corrected chi connectivity index (χ4v) is 3.16. The highest BCUT2D eigenvalue weighted by Crippen LogP contribution is 2.15. The lowest BCUT2D eigenvalue weighted by Gasteiger charge is -2.04. The number of hydrogen-bond acceptors (Lipinski definition) is 4. The summed E-state index contributed by atoms with van der Waals surface area (Å²) in [5.74, 6) is 0.425. The molecule has 0 spiro atoms. The van der Waals surface area contributed by atoms with Crippen LogP contribution in [-0.2, 0) is 10.0 Å². The molecular formula is C13H16FN3O2S2.